The smallest absolute Gasteiger partial charge is 0.481 e. The molecule has 1 aromatic rings. The van der Waals surface area contributed by atoms with Crippen molar-refractivity contribution in [1.29, 1.82) is 0 Å². The number of unbranched alkanes of at least 4 members (excludes halogenated alkanes) is 1. The van der Waals surface area contributed by atoms with Crippen LogP contribution < -0.4 is 5.46 Å². The highest BCUT2D eigenvalue weighted by atomic mass is 16.6. The monoisotopic (exact) mass is 290 g/mol. The van der Waals surface area contributed by atoms with E-state index < -0.39 is 5.97 Å². The zero-order chi connectivity index (χ0) is 15.3. The molecule has 114 valence electrons. The van der Waals surface area contributed by atoms with Crippen molar-refractivity contribution in [3.63, 3.8) is 0 Å². The van der Waals surface area contributed by atoms with Gasteiger partial charge in [-0.1, -0.05) is 38.1 Å². The van der Waals surface area contributed by atoms with Gasteiger partial charge in [0.05, 0.1) is 0 Å². The third-order valence-corrected chi connectivity index (χ3v) is 3.61. The molecule has 1 N–H and O–H groups in total. The van der Waals surface area contributed by atoms with E-state index in [1.54, 1.807) is 0 Å². The molecular formula is C16H23BO4. The Labute approximate surface area is 126 Å². The van der Waals surface area contributed by atoms with Crippen LogP contribution in [0.15, 0.2) is 24.3 Å². The fraction of sp³-hybridized carbons (Fsp3) is 0.562. The van der Waals surface area contributed by atoms with Gasteiger partial charge in [-0.05, 0) is 30.3 Å². The van der Waals surface area contributed by atoms with E-state index in [-0.39, 0.29) is 19.0 Å². The molecule has 1 fully saturated rings. The maximum atomic E-state index is 10.4. The van der Waals surface area contributed by atoms with Crippen LogP contribution in [0, 0.1) is 5.41 Å². The van der Waals surface area contributed by atoms with Crippen molar-refractivity contribution in [3.8, 4) is 0 Å². The van der Waals surface area contributed by atoms with Crippen LogP contribution in [0.2, 0.25) is 0 Å². The highest BCUT2D eigenvalue weighted by Gasteiger charge is 2.33. The van der Waals surface area contributed by atoms with Crippen molar-refractivity contribution in [2.45, 2.75) is 39.5 Å². The molecule has 1 heterocycles. The van der Waals surface area contributed by atoms with E-state index in [2.05, 4.69) is 26.0 Å². The average Bonchev–Trinajstić information content (AvgIpc) is 2.44. The highest BCUT2D eigenvalue weighted by molar-refractivity contribution is 6.61. The lowest BCUT2D eigenvalue weighted by Crippen LogP contribution is -2.47. The van der Waals surface area contributed by atoms with Crippen LogP contribution in [0.5, 0.6) is 0 Å². The average molecular weight is 290 g/mol. The largest absolute Gasteiger partial charge is 0.493 e. The summed E-state index contributed by atoms with van der Waals surface area (Å²) in [5.41, 5.74) is 2.35. The predicted octanol–water partition coefficient (Wildman–Crippen LogP) is 2.25. The molecule has 0 unspecified atom stereocenters. The summed E-state index contributed by atoms with van der Waals surface area (Å²) in [6.45, 7) is 5.66. The lowest BCUT2D eigenvalue weighted by Gasteiger charge is -2.33. The van der Waals surface area contributed by atoms with E-state index in [9.17, 15) is 4.79 Å². The first kappa shape index (κ1) is 16.1. The van der Waals surface area contributed by atoms with E-state index >= 15 is 0 Å². The van der Waals surface area contributed by atoms with Crippen molar-refractivity contribution >= 4 is 18.6 Å². The summed E-state index contributed by atoms with van der Waals surface area (Å²) in [5.74, 6) is -0.722. The van der Waals surface area contributed by atoms with E-state index in [0.717, 1.165) is 24.7 Å². The quantitative estimate of drug-likeness (QED) is 0.645. The summed E-state index contributed by atoms with van der Waals surface area (Å²) in [6.07, 6.45) is 2.78. The lowest BCUT2D eigenvalue weighted by atomic mass is 9.75. The Bertz CT molecular complexity index is 460. The molecule has 5 heteroatoms. The Morgan fingerprint density at radius 1 is 1.19 bits per heavy atom. The zero-order valence-corrected chi connectivity index (χ0v) is 12.8. The molecule has 4 nitrogen and oxygen atoms in total. The van der Waals surface area contributed by atoms with Gasteiger partial charge in [0.1, 0.15) is 0 Å². The number of carbonyl (C=O) groups is 1. The molecule has 0 radical (unpaired) electrons. The molecule has 0 aromatic heterocycles. The molecule has 1 aromatic carbocycles. The van der Waals surface area contributed by atoms with E-state index in [1.165, 1.54) is 5.56 Å². The van der Waals surface area contributed by atoms with E-state index in [4.69, 9.17) is 14.4 Å². The third-order valence-electron chi connectivity index (χ3n) is 3.61. The number of hydrogen-bond donors (Lipinski definition) is 1. The van der Waals surface area contributed by atoms with Gasteiger partial charge in [0.25, 0.3) is 0 Å². The summed E-state index contributed by atoms with van der Waals surface area (Å²) in [5, 5.41) is 8.60. The number of carboxylic acid groups (broad SMARTS) is 1. The number of aryl methyl sites for hydroxylation is 1. The number of aliphatic carboxylic acids is 1. The van der Waals surface area contributed by atoms with Gasteiger partial charge in [-0.3, -0.25) is 4.79 Å². The van der Waals surface area contributed by atoms with Crippen molar-refractivity contribution in [1.82, 2.24) is 0 Å². The van der Waals surface area contributed by atoms with Gasteiger partial charge < -0.3 is 14.4 Å². The number of hydrogen-bond acceptors (Lipinski definition) is 3. The minimum Gasteiger partial charge on any atom is -0.481 e. The van der Waals surface area contributed by atoms with Crippen molar-refractivity contribution in [2.75, 3.05) is 13.2 Å². The predicted molar refractivity (Wildman–Crippen MR) is 82.7 cm³/mol. The minimum atomic E-state index is -0.722. The summed E-state index contributed by atoms with van der Waals surface area (Å²) in [4.78, 5) is 10.4. The van der Waals surface area contributed by atoms with Gasteiger partial charge >= 0.3 is 13.1 Å². The Kier molecular flexibility index (Phi) is 5.42. The summed E-state index contributed by atoms with van der Waals surface area (Å²) in [7, 11) is -0.265. The van der Waals surface area contributed by atoms with Gasteiger partial charge in [-0.2, -0.15) is 0 Å². The highest BCUT2D eigenvalue weighted by Crippen LogP contribution is 2.21. The molecule has 0 aliphatic carbocycles. The number of rotatable bonds is 6. The first-order chi connectivity index (χ1) is 9.96. The maximum absolute atomic E-state index is 10.4. The molecule has 0 bridgehead atoms. The molecule has 0 spiro atoms. The molecule has 0 atom stereocenters. The molecule has 1 aliphatic heterocycles. The molecular weight excluding hydrogens is 267 g/mol. The van der Waals surface area contributed by atoms with E-state index in [1.807, 2.05) is 12.1 Å². The Morgan fingerprint density at radius 3 is 2.38 bits per heavy atom. The van der Waals surface area contributed by atoms with Gasteiger partial charge in [0.2, 0.25) is 0 Å². The molecule has 1 aliphatic rings. The molecule has 2 rings (SSSR count). The van der Waals surface area contributed by atoms with Gasteiger partial charge in [-0.25, -0.2) is 0 Å². The lowest BCUT2D eigenvalue weighted by molar-refractivity contribution is -0.137. The second-order valence-corrected chi connectivity index (χ2v) is 6.46. The molecule has 1 saturated heterocycles. The fourth-order valence-corrected chi connectivity index (χ4v) is 2.33. The summed E-state index contributed by atoms with van der Waals surface area (Å²) in [6, 6.07) is 8.22. The Balaban J connectivity index is 1.80. The number of benzene rings is 1. The molecule has 0 saturated carbocycles. The Hall–Kier alpha value is -1.33. The standard InChI is InChI=1S/C16H23BO4/c1-16(2)11-20-17(21-12-16)14-9-7-13(8-10-14)5-3-4-6-15(18)19/h7-10H,3-6,11-12H2,1-2H3,(H,18,19). The molecule has 0 amide bonds. The molecule has 21 heavy (non-hydrogen) atoms. The second kappa shape index (κ2) is 7.10. The normalized spacial score (nSPS) is 17.7. The third kappa shape index (κ3) is 5.18. The maximum Gasteiger partial charge on any atom is 0.493 e. The van der Waals surface area contributed by atoms with Crippen molar-refractivity contribution in [3.05, 3.63) is 29.8 Å². The second-order valence-electron chi connectivity index (χ2n) is 6.46. The van der Waals surface area contributed by atoms with Crippen LogP contribution in [0.4, 0.5) is 0 Å². The Morgan fingerprint density at radius 2 is 1.81 bits per heavy atom. The van der Waals surface area contributed by atoms with Crippen LogP contribution in [-0.2, 0) is 20.5 Å². The fourth-order valence-electron chi connectivity index (χ4n) is 2.33. The topological polar surface area (TPSA) is 55.8 Å². The first-order valence-electron chi connectivity index (χ1n) is 7.50. The van der Waals surface area contributed by atoms with Crippen LogP contribution in [0.25, 0.3) is 0 Å². The van der Waals surface area contributed by atoms with Crippen molar-refractivity contribution in [2.24, 2.45) is 5.41 Å². The number of carboxylic acids is 1. The van der Waals surface area contributed by atoms with Gasteiger partial charge in [0.15, 0.2) is 0 Å². The summed E-state index contributed by atoms with van der Waals surface area (Å²) < 4.78 is 11.5. The van der Waals surface area contributed by atoms with Crippen LogP contribution >= 0.6 is 0 Å². The van der Waals surface area contributed by atoms with Gasteiger partial charge in [-0.15, -0.1) is 0 Å². The van der Waals surface area contributed by atoms with Gasteiger partial charge in [0, 0.05) is 25.0 Å². The zero-order valence-electron chi connectivity index (χ0n) is 12.8. The van der Waals surface area contributed by atoms with Crippen LogP contribution in [0.1, 0.15) is 38.7 Å². The van der Waals surface area contributed by atoms with E-state index in [0.29, 0.717) is 13.2 Å². The SMILES string of the molecule is CC1(C)COB(c2ccc(CCCCC(=O)O)cc2)OC1. The summed E-state index contributed by atoms with van der Waals surface area (Å²) >= 11 is 0. The van der Waals surface area contributed by atoms with Crippen molar-refractivity contribution < 1.29 is 19.2 Å². The van der Waals surface area contributed by atoms with Crippen LogP contribution in [-0.4, -0.2) is 31.4 Å². The first-order valence-corrected chi connectivity index (χ1v) is 7.50. The minimum absolute atomic E-state index is 0.0839. The van der Waals surface area contributed by atoms with Crippen LogP contribution in [0.3, 0.4) is 0 Å².